The highest BCUT2D eigenvalue weighted by Crippen LogP contribution is 2.43. The fraction of sp³-hybridized carbons (Fsp3) is 0.400. The molecule has 2 aromatic heterocycles. The highest BCUT2D eigenvalue weighted by atomic mass is 32.1. The van der Waals surface area contributed by atoms with E-state index in [9.17, 15) is 4.79 Å². The molecule has 2 aromatic rings. The fourth-order valence-electron chi connectivity index (χ4n) is 2.04. The maximum Gasteiger partial charge on any atom is 0.356 e. The molecule has 0 atom stereocenters. The van der Waals surface area contributed by atoms with Gasteiger partial charge in [0.1, 0.15) is 5.69 Å². The van der Waals surface area contributed by atoms with Crippen LogP contribution in [0.3, 0.4) is 0 Å². The number of nitrogens with zero attached hydrogens (tertiary/aromatic N) is 2. The zero-order valence-corrected chi connectivity index (χ0v) is 12.4. The van der Waals surface area contributed by atoms with Crippen molar-refractivity contribution in [2.24, 2.45) is 0 Å². The van der Waals surface area contributed by atoms with Gasteiger partial charge in [0.25, 0.3) is 0 Å². The zero-order chi connectivity index (χ0) is 14.1. The zero-order valence-electron chi connectivity index (χ0n) is 11.5. The van der Waals surface area contributed by atoms with E-state index in [1.54, 1.807) is 30.5 Å². The van der Waals surface area contributed by atoms with Gasteiger partial charge in [-0.15, -0.1) is 11.3 Å². The monoisotopic (exact) mass is 288 g/mol. The third-order valence-electron chi connectivity index (χ3n) is 3.30. The quantitative estimate of drug-likeness (QED) is 0.807. The van der Waals surface area contributed by atoms with Crippen LogP contribution in [-0.2, 0) is 4.74 Å². The van der Waals surface area contributed by atoms with Crippen molar-refractivity contribution >= 4 is 17.3 Å². The summed E-state index contributed by atoms with van der Waals surface area (Å²) in [5.74, 6) is 0.279. The topological polar surface area (TPSA) is 52.1 Å². The summed E-state index contributed by atoms with van der Waals surface area (Å²) in [5, 5.41) is 1.20. The lowest BCUT2D eigenvalue weighted by Gasteiger charge is -2.05. The van der Waals surface area contributed by atoms with Crippen LogP contribution in [-0.4, -0.2) is 22.5 Å². The van der Waals surface area contributed by atoms with Crippen molar-refractivity contribution in [3.8, 4) is 10.4 Å². The molecule has 0 spiro atoms. The normalized spacial score (nSPS) is 14.3. The van der Waals surface area contributed by atoms with Gasteiger partial charge < -0.3 is 4.74 Å². The molecule has 0 unspecified atom stereocenters. The van der Waals surface area contributed by atoms with Crippen LogP contribution in [0.5, 0.6) is 0 Å². The van der Waals surface area contributed by atoms with Crippen molar-refractivity contribution in [1.82, 2.24) is 9.97 Å². The molecule has 0 aliphatic heterocycles. The standard InChI is InChI=1S/C15H16N2O2S/c1-3-19-15(18)12-6-11(9(2)7-16-12)13-8-17-14(20-13)10-4-5-10/h6-8,10H,3-5H2,1-2H3. The van der Waals surface area contributed by atoms with Gasteiger partial charge in [-0.1, -0.05) is 0 Å². The Morgan fingerprint density at radius 3 is 2.90 bits per heavy atom. The summed E-state index contributed by atoms with van der Waals surface area (Å²) in [6.45, 7) is 4.14. The lowest BCUT2D eigenvalue weighted by Crippen LogP contribution is -2.07. The first-order chi connectivity index (χ1) is 9.69. The van der Waals surface area contributed by atoms with E-state index in [4.69, 9.17) is 4.74 Å². The number of aryl methyl sites for hydroxylation is 1. The van der Waals surface area contributed by atoms with Gasteiger partial charge in [-0.25, -0.2) is 14.8 Å². The summed E-state index contributed by atoms with van der Waals surface area (Å²) < 4.78 is 5.00. The molecule has 104 valence electrons. The van der Waals surface area contributed by atoms with Crippen LogP contribution in [0, 0.1) is 6.92 Å². The van der Waals surface area contributed by atoms with Gasteiger partial charge in [0, 0.05) is 23.9 Å². The molecule has 1 aliphatic rings. The Morgan fingerprint density at radius 1 is 1.40 bits per heavy atom. The lowest BCUT2D eigenvalue weighted by molar-refractivity contribution is 0.0519. The average Bonchev–Trinajstić information content (AvgIpc) is 3.18. The number of carbonyl (C=O) groups excluding carboxylic acids is 1. The SMILES string of the molecule is CCOC(=O)c1cc(-c2cnc(C3CC3)s2)c(C)cn1. The molecular weight excluding hydrogens is 272 g/mol. The maximum atomic E-state index is 11.8. The number of ether oxygens (including phenoxy) is 1. The highest BCUT2D eigenvalue weighted by molar-refractivity contribution is 7.15. The first-order valence-corrected chi connectivity index (χ1v) is 7.60. The van der Waals surface area contributed by atoms with Crippen LogP contribution in [0.25, 0.3) is 10.4 Å². The summed E-state index contributed by atoms with van der Waals surface area (Å²) >= 11 is 1.71. The van der Waals surface area contributed by atoms with E-state index in [1.807, 2.05) is 13.1 Å². The predicted octanol–water partition coefficient (Wildman–Crippen LogP) is 3.57. The number of hydrogen-bond donors (Lipinski definition) is 0. The minimum Gasteiger partial charge on any atom is -0.461 e. The molecule has 1 aliphatic carbocycles. The summed E-state index contributed by atoms with van der Waals surface area (Å²) in [4.78, 5) is 21.5. The van der Waals surface area contributed by atoms with Gasteiger partial charge in [0.2, 0.25) is 0 Å². The molecule has 0 amide bonds. The van der Waals surface area contributed by atoms with Crippen molar-refractivity contribution in [2.75, 3.05) is 6.61 Å². The summed E-state index contributed by atoms with van der Waals surface area (Å²) in [5.41, 5.74) is 2.42. The first kappa shape index (κ1) is 13.2. The van der Waals surface area contributed by atoms with E-state index >= 15 is 0 Å². The Labute approximate surface area is 121 Å². The fourth-order valence-corrected chi connectivity index (χ4v) is 3.21. The Bertz CT molecular complexity index is 647. The molecule has 5 heteroatoms. The van der Waals surface area contributed by atoms with Crippen molar-refractivity contribution in [1.29, 1.82) is 0 Å². The van der Waals surface area contributed by atoms with Crippen LogP contribution in [0.4, 0.5) is 0 Å². The van der Waals surface area contributed by atoms with Crippen molar-refractivity contribution in [3.05, 3.63) is 34.7 Å². The molecule has 3 rings (SSSR count). The van der Waals surface area contributed by atoms with Gasteiger partial charge in [-0.2, -0.15) is 0 Å². The molecule has 1 saturated carbocycles. The molecule has 0 aromatic carbocycles. The summed E-state index contributed by atoms with van der Waals surface area (Å²) in [6.07, 6.45) is 6.11. The molecule has 20 heavy (non-hydrogen) atoms. The van der Waals surface area contributed by atoms with E-state index in [-0.39, 0.29) is 5.97 Å². The average molecular weight is 288 g/mol. The molecule has 4 nitrogen and oxygen atoms in total. The molecule has 0 bridgehead atoms. The minimum absolute atomic E-state index is 0.355. The van der Waals surface area contributed by atoms with Crippen LogP contribution in [0.2, 0.25) is 0 Å². The number of aromatic nitrogens is 2. The number of thiazole rings is 1. The number of hydrogen-bond acceptors (Lipinski definition) is 5. The predicted molar refractivity (Wildman–Crippen MR) is 78.0 cm³/mol. The van der Waals surface area contributed by atoms with Crippen molar-refractivity contribution in [3.63, 3.8) is 0 Å². The van der Waals surface area contributed by atoms with Gasteiger partial charge >= 0.3 is 5.97 Å². The third kappa shape index (κ3) is 2.58. The van der Waals surface area contributed by atoms with Crippen molar-refractivity contribution in [2.45, 2.75) is 32.6 Å². The Morgan fingerprint density at radius 2 is 2.20 bits per heavy atom. The molecule has 0 saturated heterocycles. The number of pyridine rings is 1. The second-order valence-electron chi connectivity index (χ2n) is 4.94. The third-order valence-corrected chi connectivity index (χ3v) is 4.50. The molecular formula is C15H16N2O2S. The Hall–Kier alpha value is -1.75. The Balaban J connectivity index is 1.94. The van der Waals surface area contributed by atoms with E-state index in [0.717, 1.165) is 16.0 Å². The van der Waals surface area contributed by atoms with Gasteiger partial charge in [0.05, 0.1) is 16.5 Å². The highest BCUT2D eigenvalue weighted by Gasteiger charge is 2.27. The number of carbonyl (C=O) groups is 1. The van der Waals surface area contributed by atoms with E-state index in [0.29, 0.717) is 18.2 Å². The summed E-state index contributed by atoms with van der Waals surface area (Å²) in [6, 6.07) is 1.80. The van der Waals surface area contributed by atoms with E-state index in [2.05, 4.69) is 9.97 Å². The van der Waals surface area contributed by atoms with Gasteiger partial charge in [0.15, 0.2) is 0 Å². The smallest absolute Gasteiger partial charge is 0.356 e. The molecule has 0 radical (unpaired) electrons. The van der Waals surface area contributed by atoms with Crippen molar-refractivity contribution < 1.29 is 9.53 Å². The number of esters is 1. The first-order valence-electron chi connectivity index (χ1n) is 6.79. The molecule has 2 heterocycles. The summed E-state index contributed by atoms with van der Waals surface area (Å²) in [7, 11) is 0. The Kier molecular flexibility index (Phi) is 3.53. The van der Waals surface area contributed by atoms with Crippen LogP contribution in [0.1, 0.15) is 46.7 Å². The van der Waals surface area contributed by atoms with Crippen LogP contribution >= 0.6 is 11.3 Å². The molecule has 0 N–H and O–H groups in total. The largest absolute Gasteiger partial charge is 0.461 e. The van der Waals surface area contributed by atoms with E-state index < -0.39 is 0 Å². The van der Waals surface area contributed by atoms with Crippen LogP contribution < -0.4 is 0 Å². The second-order valence-corrected chi connectivity index (χ2v) is 6.00. The van der Waals surface area contributed by atoms with Crippen LogP contribution in [0.15, 0.2) is 18.5 Å². The molecule has 1 fully saturated rings. The van der Waals surface area contributed by atoms with E-state index in [1.165, 1.54) is 17.8 Å². The van der Waals surface area contributed by atoms with Gasteiger partial charge in [-0.3, -0.25) is 0 Å². The number of rotatable bonds is 4. The maximum absolute atomic E-state index is 11.8. The minimum atomic E-state index is -0.374. The lowest BCUT2D eigenvalue weighted by atomic mass is 10.1. The van der Waals surface area contributed by atoms with Gasteiger partial charge in [-0.05, 0) is 38.3 Å². The second kappa shape index (κ2) is 5.32.